The summed E-state index contributed by atoms with van der Waals surface area (Å²) in [4.78, 5) is 16.3. The van der Waals surface area contributed by atoms with E-state index < -0.39 is 28.9 Å². The standard InChI is InChI=1S/C19H19F3N2O2/c1-11-2-9-16(23-10-11)26-13-5-3-12(4-6-13)24-19(25)14-7-8-15(20)18(22)17(14)21/h2,7-10,12-13H,3-6H2,1H3,(H,24,25). The van der Waals surface area contributed by atoms with E-state index >= 15 is 0 Å². The Morgan fingerprint density at radius 3 is 2.46 bits per heavy atom. The van der Waals surface area contributed by atoms with Crippen LogP contribution < -0.4 is 10.1 Å². The number of nitrogens with zero attached hydrogens (tertiary/aromatic N) is 1. The lowest BCUT2D eigenvalue weighted by Gasteiger charge is -2.29. The summed E-state index contributed by atoms with van der Waals surface area (Å²) in [6.07, 6.45) is 4.44. The van der Waals surface area contributed by atoms with Crippen LogP contribution in [0.5, 0.6) is 5.88 Å². The first-order valence-electron chi connectivity index (χ1n) is 8.47. The van der Waals surface area contributed by atoms with Crippen LogP contribution in [0.4, 0.5) is 13.2 Å². The number of halogens is 3. The number of hydrogen-bond donors (Lipinski definition) is 1. The van der Waals surface area contributed by atoms with Crippen molar-refractivity contribution in [2.75, 3.05) is 0 Å². The fraction of sp³-hybridized carbons (Fsp3) is 0.368. The molecule has 1 N–H and O–H groups in total. The number of nitrogens with one attached hydrogen (secondary N) is 1. The second-order valence-corrected chi connectivity index (χ2v) is 6.46. The van der Waals surface area contributed by atoms with Crippen LogP contribution in [-0.4, -0.2) is 23.0 Å². The van der Waals surface area contributed by atoms with Crippen molar-refractivity contribution in [1.29, 1.82) is 0 Å². The van der Waals surface area contributed by atoms with E-state index in [0.29, 0.717) is 31.6 Å². The van der Waals surface area contributed by atoms with Gasteiger partial charge in [0, 0.05) is 18.3 Å². The van der Waals surface area contributed by atoms with Crippen LogP contribution in [-0.2, 0) is 0 Å². The second-order valence-electron chi connectivity index (χ2n) is 6.46. The quantitative estimate of drug-likeness (QED) is 0.837. The lowest BCUT2D eigenvalue weighted by Crippen LogP contribution is -2.40. The van der Waals surface area contributed by atoms with E-state index in [9.17, 15) is 18.0 Å². The van der Waals surface area contributed by atoms with E-state index in [4.69, 9.17) is 4.74 Å². The van der Waals surface area contributed by atoms with Gasteiger partial charge in [0.1, 0.15) is 6.10 Å². The second kappa shape index (κ2) is 7.76. The molecule has 0 spiro atoms. The van der Waals surface area contributed by atoms with E-state index in [1.807, 2.05) is 19.1 Å². The van der Waals surface area contributed by atoms with Gasteiger partial charge in [0.25, 0.3) is 5.91 Å². The van der Waals surface area contributed by atoms with Crippen molar-refractivity contribution >= 4 is 5.91 Å². The third-order valence-corrected chi connectivity index (χ3v) is 4.46. The lowest BCUT2D eigenvalue weighted by molar-refractivity contribution is 0.0885. The molecule has 1 aliphatic rings. The Bertz CT molecular complexity index is 788. The molecule has 1 saturated carbocycles. The van der Waals surface area contributed by atoms with Gasteiger partial charge in [0.15, 0.2) is 17.5 Å². The highest BCUT2D eigenvalue weighted by Gasteiger charge is 2.26. The Kier molecular flexibility index (Phi) is 5.44. The number of carbonyl (C=O) groups excluding carboxylic acids is 1. The number of aryl methyl sites for hydroxylation is 1. The molecule has 0 atom stereocenters. The highest BCUT2D eigenvalue weighted by atomic mass is 19.2. The van der Waals surface area contributed by atoms with Crippen LogP contribution in [0.1, 0.15) is 41.6 Å². The molecule has 0 bridgehead atoms. The largest absolute Gasteiger partial charge is 0.474 e. The average molecular weight is 364 g/mol. The van der Waals surface area contributed by atoms with Gasteiger partial charge in [-0.2, -0.15) is 0 Å². The Hall–Kier alpha value is -2.57. The molecule has 1 heterocycles. The Morgan fingerprint density at radius 2 is 1.81 bits per heavy atom. The highest BCUT2D eigenvalue weighted by molar-refractivity contribution is 5.94. The molecular weight excluding hydrogens is 345 g/mol. The average Bonchev–Trinajstić information content (AvgIpc) is 2.63. The van der Waals surface area contributed by atoms with E-state index in [2.05, 4.69) is 10.3 Å². The summed E-state index contributed by atoms with van der Waals surface area (Å²) >= 11 is 0. The van der Waals surface area contributed by atoms with Crippen molar-refractivity contribution in [3.63, 3.8) is 0 Å². The van der Waals surface area contributed by atoms with Crippen molar-refractivity contribution in [1.82, 2.24) is 10.3 Å². The molecule has 2 aromatic rings. The van der Waals surface area contributed by atoms with Crippen molar-refractivity contribution in [2.45, 2.75) is 44.8 Å². The van der Waals surface area contributed by atoms with Gasteiger partial charge in [-0.15, -0.1) is 0 Å². The summed E-state index contributed by atoms with van der Waals surface area (Å²) < 4.78 is 45.7. The van der Waals surface area contributed by atoms with Crippen molar-refractivity contribution in [3.8, 4) is 5.88 Å². The first-order chi connectivity index (χ1) is 12.4. The summed E-state index contributed by atoms with van der Waals surface area (Å²) in [6, 6.07) is 5.26. The van der Waals surface area contributed by atoms with Gasteiger partial charge in [0.05, 0.1) is 5.56 Å². The molecule has 1 fully saturated rings. The molecule has 1 aromatic carbocycles. The minimum Gasteiger partial charge on any atom is -0.474 e. The minimum atomic E-state index is -1.64. The molecule has 0 radical (unpaired) electrons. The monoisotopic (exact) mass is 364 g/mol. The Labute approximate surface area is 149 Å². The summed E-state index contributed by atoms with van der Waals surface area (Å²) in [7, 11) is 0. The zero-order valence-corrected chi connectivity index (χ0v) is 14.3. The number of rotatable bonds is 4. The molecule has 1 amide bonds. The van der Waals surface area contributed by atoms with Gasteiger partial charge < -0.3 is 10.1 Å². The highest BCUT2D eigenvalue weighted by Crippen LogP contribution is 2.24. The minimum absolute atomic E-state index is 0.00152. The fourth-order valence-electron chi connectivity index (χ4n) is 2.98. The topological polar surface area (TPSA) is 51.2 Å². The molecular formula is C19H19F3N2O2. The molecule has 7 heteroatoms. The number of aromatic nitrogens is 1. The van der Waals surface area contributed by atoms with Gasteiger partial charge in [-0.05, 0) is 50.3 Å². The van der Waals surface area contributed by atoms with Crippen LogP contribution in [0.25, 0.3) is 0 Å². The summed E-state index contributed by atoms with van der Waals surface area (Å²) in [5.41, 5.74) is 0.555. The molecule has 138 valence electrons. The summed E-state index contributed by atoms with van der Waals surface area (Å²) in [5, 5.41) is 2.68. The number of benzene rings is 1. The first-order valence-corrected chi connectivity index (χ1v) is 8.47. The normalized spacial score (nSPS) is 19.8. The molecule has 0 saturated heterocycles. The molecule has 3 rings (SSSR count). The number of pyridine rings is 1. The van der Waals surface area contributed by atoms with Crippen molar-refractivity contribution < 1.29 is 22.7 Å². The van der Waals surface area contributed by atoms with E-state index in [1.54, 1.807) is 6.20 Å². The lowest BCUT2D eigenvalue weighted by atomic mass is 9.92. The SMILES string of the molecule is Cc1ccc(OC2CCC(NC(=O)c3ccc(F)c(F)c3F)CC2)nc1. The summed E-state index contributed by atoms with van der Waals surface area (Å²) in [5.74, 6) is -4.61. The number of ether oxygens (including phenoxy) is 1. The zero-order chi connectivity index (χ0) is 18.7. The van der Waals surface area contributed by atoms with Crippen LogP contribution in [0, 0.1) is 24.4 Å². The van der Waals surface area contributed by atoms with Gasteiger partial charge in [-0.25, -0.2) is 18.2 Å². The molecule has 1 aliphatic carbocycles. The number of amides is 1. The van der Waals surface area contributed by atoms with Crippen LogP contribution in [0.2, 0.25) is 0 Å². The maximum Gasteiger partial charge on any atom is 0.254 e. The molecule has 26 heavy (non-hydrogen) atoms. The Balaban J connectivity index is 1.53. The van der Waals surface area contributed by atoms with E-state index in [1.165, 1.54) is 0 Å². The molecule has 4 nitrogen and oxygen atoms in total. The smallest absolute Gasteiger partial charge is 0.254 e. The Morgan fingerprint density at radius 1 is 1.08 bits per heavy atom. The molecule has 1 aromatic heterocycles. The van der Waals surface area contributed by atoms with E-state index in [-0.39, 0.29) is 12.1 Å². The molecule has 0 unspecified atom stereocenters. The van der Waals surface area contributed by atoms with Gasteiger partial charge in [0.2, 0.25) is 5.88 Å². The van der Waals surface area contributed by atoms with Crippen molar-refractivity contribution in [2.24, 2.45) is 0 Å². The fourth-order valence-corrected chi connectivity index (χ4v) is 2.98. The molecule has 0 aliphatic heterocycles. The third kappa shape index (κ3) is 4.15. The predicted octanol–water partition coefficient (Wildman–Crippen LogP) is 3.93. The van der Waals surface area contributed by atoms with Crippen LogP contribution in [0.15, 0.2) is 30.5 Å². The van der Waals surface area contributed by atoms with E-state index in [0.717, 1.165) is 17.7 Å². The number of carbonyl (C=O) groups is 1. The maximum atomic E-state index is 13.7. The third-order valence-electron chi connectivity index (χ3n) is 4.46. The predicted molar refractivity (Wildman–Crippen MR) is 89.4 cm³/mol. The van der Waals surface area contributed by atoms with Crippen molar-refractivity contribution in [3.05, 3.63) is 59.0 Å². The number of hydrogen-bond acceptors (Lipinski definition) is 3. The zero-order valence-electron chi connectivity index (χ0n) is 14.3. The first kappa shape index (κ1) is 18.2. The van der Waals surface area contributed by atoms with Crippen LogP contribution >= 0.6 is 0 Å². The van der Waals surface area contributed by atoms with Crippen LogP contribution in [0.3, 0.4) is 0 Å². The summed E-state index contributed by atoms with van der Waals surface area (Å²) in [6.45, 7) is 1.94. The van der Waals surface area contributed by atoms with Gasteiger partial charge in [-0.3, -0.25) is 4.79 Å². The maximum absolute atomic E-state index is 13.7. The van der Waals surface area contributed by atoms with Gasteiger partial charge in [-0.1, -0.05) is 6.07 Å². The van der Waals surface area contributed by atoms with Gasteiger partial charge >= 0.3 is 0 Å².